The van der Waals surface area contributed by atoms with Gasteiger partial charge in [0.2, 0.25) is 15.9 Å². The Labute approximate surface area is 195 Å². The highest BCUT2D eigenvalue weighted by Crippen LogP contribution is 2.24. The van der Waals surface area contributed by atoms with Crippen molar-refractivity contribution in [1.82, 2.24) is 14.5 Å². The van der Waals surface area contributed by atoms with E-state index in [9.17, 15) is 17.6 Å². The molecule has 0 spiro atoms. The second kappa shape index (κ2) is 10.8. The Balaban J connectivity index is 1.33. The van der Waals surface area contributed by atoms with E-state index in [1.165, 1.54) is 41.3 Å². The molecule has 1 N–H and O–H groups in total. The highest BCUT2D eigenvalue weighted by atomic mass is 32.2. The number of piperidine rings is 2. The lowest BCUT2D eigenvalue weighted by Crippen LogP contribution is -2.45. The summed E-state index contributed by atoms with van der Waals surface area (Å²) in [6.45, 7) is 4.14. The number of benzene rings is 2. The van der Waals surface area contributed by atoms with Crippen LogP contribution in [0.4, 0.5) is 4.39 Å². The van der Waals surface area contributed by atoms with Gasteiger partial charge in [-0.3, -0.25) is 9.69 Å². The Morgan fingerprint density at radius 1 is 0.970 bits per heavy atom. The van der Waals surface area contributed by atoms with Gasteiger partial charge in [0.25, 0.3) is 0 Å². The summed E-state index contributed by atoms with van der Waals surface area (Å²) in [6, 6.07) is 13.1. The highest BCUT2D eigenvalue weighted by molar-refractivity contribution is 7.89. The van der Waals surface area contributed by atoms with Crippen molar-refractivity contribution in [1.29, 1.82) is 0 Å². The molecule has 1 amide bonds. The summed E-state index contributed by atoms with van der Waals surface area (Å²) < 4.78 is 40.4. The van der Waals surface area contributed by atoms with E-state index >= 15 is 0 Å². The van der Waals surface area contributed by atoms with Crippen LogP contribution in [0.5, 0.6) is 0 Å². The van der Waals surface area contributed by atoms with Crippen LogP contribution in [0.15, 0.2) is 53.4 Å². The van der Waals surface area contributed by atoms with E-state index in [0.29, 0.717) is 25.9 Å². The van der Waals surface area contributed by atoms with Crippen molar-refractivity contribution in [3.05, 3.63) is 65.5 Å². The predicted octanol–water partition coefficient (Wildman–Crippen LogP) is 3.53. The molecule has 33 heavy (non-hydrogen) atoms. The Morgan fingerprint density at radius 2 is 1.70 bits per heavy atom. The van der Waals surface area contributed by atoms with Crippen LogP contribution in [0.25, 0.3) is 0 Å². The summed E-state index contributed by atoms with van der Waals surface area (Å²) in [6.07, 6.45) is 5.09. The maximum Gasteiger partial charge on any atom is 0.243 e. The van der Waals surface area contributed by atoms with Crippen LogP contribution in [0, 0.1) is 11.7 Å². The van der Waals surface area contributed by atoms with Crippen LogP contribution in [0.2, 0.25) is 0 Å². The van der Waals surface area contributed by atoms with Gasteiger partial charge in [0.1, 0.15) is 5.82 Å². The molecule has 2 saturated heterocycles. The van der Waals surface area contributed by atoms with Crippen LogP contribution in [0.3, 0.4) is 0 Å². The van der Waals surface area contributed by atoms with E-state index < -0.39 is 21.8 Å². The zero-order valence-corrected chi connectivity index (χ0v) is 19.7. The Morgan fingerprint density at radius 3 is 2.45 bits per heavy atom. The highest BCUT2D eigenvalue weighted by Gasteiger charge is 2.33. The summed E-state index contributed by atoms with van der Waals surface area (Å²) >= 11 is 0. The lowest BCUT2D eigenvalue weighted by atomic mass is 9.98. The van der Waals surface area contributed by atoms with Crippen LogP contribution in [-0.2, 0) is 27.9 Å². The van der Waals surface area contributed by atoms with Crippen molar-refractivity contribution < 1.29 is 17.6 Å². The molecule has 0 saturated carbocycles. The molecule has 8 heteroatoms. The van der Waals surface area contributed by atoms with Crippen LogP contribution in [0.1, 0.15) is 43.2 Å². The van der Waals surface area contributed by atoms with Crippen molar-refractivity contribution in [3.63, 3.8) is 0 Å². The number of sulfonamides is 1. The van der Waals surface area contributed by atoms with E-state index in [4.69, 9.17) is 0 Å². The molecule has 0 bridgehead atoms. The normalized spacial score (nSPS) is 20.5. The van der Waals surface area contributed by atoms with Crippen LogP contribution in [-0.4, -0.2) is 49.7 Å². The lowest BCUT2D eigenvalue weighted by molar-refractivity contribution is -0.126. The summed E-state index contributed by atoms with van der Waals surface area (Å²) in [4.78, 5) is 15.4. The minimum absolute atomic E-state index is 0.0514. The quantitative estimate of drug-likeness (QED) is 0.668. The number of nitrogens with zero attached hydrogens (tertiary/aromatic N) is 2. The fourth-order valence-corrected chi connectivity index (χ4v) is 6.20. The lowest BCUT2D eigenvalue weighted by Gasteiger charge is -2.31. The van der Waals surface area contributed by atoms with Gasteiger partial charge >= 0.3 is 0 Å². The standard InChI is InChI=1S/C25H32FN3O3S/c26-23-9-11-24(12-10-23)33(31,32)29-15-5-8-22(19-29)25(30)27-17-20-6-4-7-21(16-20)18-28-13-2-1-3-14-28/h4,6-7,9-12,16,22H,1-3,5,8,13-15,17-19H2,(H,27,30)/t22-/m0/s1. The largest absolute Gasteiger partial charge is 0.352 e. The first-order chi connectivity index (χ1) is 15.9. The fourth-order valence-electron chi connectivity index (χ4n) is 4.68. The molecule has 2 aromatic carbocycles. The molecule has 0 unspecified atom stereocenters. The van der Waals surface area contributed by atoms with Crippen molar-refractivity contribution in [2.24, 2.45) is 5.92 Å². The molecule has 2 heterocycles. The maximum absolute atomic E-state index is 13.2. The molecule has 178 valence electrons. The van der Waals surface area contributed by atoms with Crippen LogP contribution >= 0.6 is 0 Å². The molecule has 1 atom stereocenters. The molecular weight excluding hydrogens is 441 g/mol. The van der Waals surface area contributed by atoms with Crippen molar-refractivity contribution in [3.8, 4) is 0 Å². The molecule has 2 aliphatic rings. The first-order valence-electron chi connectivity index (χ1n) is 11.8. The molecule has 2 aromatic rings. The van der Waals surface area contributed by atoms with Crippen molar-refractivity contribution >= 4 is 15.9 Å². The van der Waals surface area contributed by atoms with E-state index in [2.05, 4.69) is 22.3 Å². The first-order valence-corrected chi connectivity index (χ1v) is 13.2. The van der Waals surface area contributed by atoms with Gasteiger partial charge in [0, 0.05) is 26.2 Å². The van der Waals surface area contributed by atoms with Crippen molar-refractivity contribution in [2.75, 3.05) is 26.2 Å². The van der Waals surface area contributed by atoms with Gasteiger partial charge in [0.05, 0.1) is 10.8 Å². The summed E-state index contributed by atoms with van der Waals surface area (Å²) in [5, 5.41) is 3.00. The average molecular weight is 474 g/mol. The molecule has 2 fully saturated rings. The van der Waals surface area contributed by atoms with Gasteiger partial charge in [-0.2, -0.15) is 4.31 Å². The molecule has 4 rings (SSSR count). The zero-order valence-electron chi connectivity index (χ0n) is 18.9. The topological polar surface area (TPSA) is 69.7 Å². The number of hydrogen-bond acceptors (Lipinski definition) is 4. The zero-order chi connectivity index (χ0) is 23.3. The number of carbonyl (C=O) groups excluding carboxylic acids is 1. The molecule has 0 aliphatic carbocycles. The Hall–Kier alpha value is -2.29. The van der Waals surface area contributed by atoms with Gasteiger partial charge in [-0.15, -0.1) is 0 Å². The smallest absolute Gasteiger partial charge is 0.243 e. The molecular formula is C25H32FN3O3S. The number of halogens is 1. The third-order valence-corrected chi connectivity index (χ3v) is 8.40. The maximum atomic E-state index is 13.2. The minimum atomic E-state index is -3.75. The first kappa shape index (κ1) is 23.9. The molecule has 0 radical (unpaired) electrons. The Bertz CT molecular complexity index is 1050. The number of nitrogens with one attached hydrogen (secondary N) is 1. The number of carbonyl (C=O) groups is 1. The van der Waals surface area contributed by atoms with Gasteiger partial charge in [0.15, 0.2) is 0 Å². The summed E-state index contributed by atoms with van der Waals surface area (Å²) in [7, 11) is -3.75. The number of amides is 1. The van der Waals surface area contributed by atoms with E-state index in [-0.39, 0.29) is 17.3 Å². The molecule has 0 aromatic heterocycles. The second-order valence-corrected chi connectivity index (χ2v) is 11.0. The van der Waals surface area contributed by atoms with Gasteiger partial charge in [-0.1, -0.05) is 30.7 Å². The van der Waals surface area contributed by atoms with Gasteiger partial charge < -0.3 is 5.32 Å². The molecule has 6 nitrogen and oxygen atoms in total. The predicted molar refractivity (Wildman–Crippen MR) is 125 cm³/mol. The minimum Gasteiger partial charge on any atom is -0.352 e. The Kier molecular flexibility index (Phi) is 7.78. The summed E-state index contributed by atoms with van der Waals surface area (Å²) in [5.74, 6) is -1.01. The van der Waals surface area contributed by atoms with Gasteiger partial charge in [-0.05, 0) is 74.2 Å². The fraction of sp³-hybridized carbons (Fsp3) is 0.480. The van der Waals surface area contributed by atoms with Crippen molar-refractivity contribution in [2.45, 2.75) is 50.1 Å². The third-order valence-electron chi connectivity index (χ3n) is 6.52. The van der Waals surface area contributed by atoms with Gasteiger partial charge in [-0.25, -0.2) is 12.8 Å². The third kappa shape index (κ3) is 6.19. The second-order valence-electron chi connectivity index (χ2n) is 9.03. The average Bonchev–Trinajstić information content (AvgIpc) is 2.84. The van der Waals surface area contributed by atoms with E-state index in [0.717, 1.165) is 37.3 Å². The molecule has 2 aliphatic heterocycles. The van der Waals surface area contributed by atoms with E-state index in [1.807, 2.05) is 12.1 Å². The SMILES string of the molecule is O=C(NCc1cccc(CN2CCCCC2)c1)[C@H]1CCCN(S(=O)(=O)c2ccc(F)cc2)C1. The number of likely N-dealkylation sites (tertiary alicyclic amines) is 1. The van der Waals surface area contributed by atoms with E-state index in [1.54, 1.807) is 0 Å². The summed E-state index contributed by atoms with van der Waals surface area (Å²) in [5.41, 5.74) is 2.29. The number of hydrogen-bond donors (Lipinski definition) is 1. The van der Waals surface area contributed by atoms with Crippen LogP contribution < -0.4 is 5.32 Å². The number of rotatable bonds is 7. The monoisotopic (exact) mass is 473 g/mol.